The third kappa shape index (κ3) is 4.67. The summed E-state index contributed by atoms with van der Waals surface area (Å²) in [5.41, 5.74) is 2.91. The third-order valence-corrected chi connectivity index (χ3v) is 8.48. The molecule has 1 N–H and O–H groups in total. The summed E-state index contributed by atoms with van der Waals surface area (Å²) in [7, 11) is -3.96. The minimum atomic E-state index is -3.96. The van der Waals surface area contributed by atoms with Crippen LogP contribution in [0, 0.1) is 0 Å². The lowest BCUT2D eigenvalue weighted by Crippen LogP contribution is -2.17. The van der Waals surface area contributed by atoms with Gasteiger partial charge in [-0.1, -0.05) is 73.3 Å². The molecule has 1 amide bonds. The highest BCUT2D eigenvalue weighted by molar-refractivity contribution is 8.00. The van der Waals surface area contributed by atoms with E-state index in [2.05, 4.69) is 17.2 Å². The van der Waals surface area contributed by atoms with Crippen LogP contribution in [0.25, 0.3) is 21.8 Å². The van der Waals surface area contributed by atoms with E-state index < -0.39 is 10.0 Å². The van der Waals surface area contributed by atoms with Crippen LogP contribution in [0.1, 0.15) is 12.5 Å². The highest BCUT2D eigenvalue weighted by Gasteiger charge is 2.25. The molecule has 5 rings (SSSR count). The number of carbonyl (C=O) groups excluding carboxylic acids is 1. The molecule has 0 bridgehead atoms. The van der Waals surface area contributed by atoms with Crippen LogP contribution in [0.5, 0.6) is 0 Å². The first kappa shape index (κ1) is 23.1. The van der Waals surface area contributed by atoms with Gasteiger partial charge in [0.2, 0.25) is 5.91 Å². The van der Waals surface area contributed by atoms with Crippen molar-refractivity contribution in [3.63, 3.8) is 0 Å². The number of amides is 1. The normalized spacial score (nSPS) is 11.7. The lowest BCUT2D eigenvalue weighted by atomic mass is 10.1. The molecule has 35 heavy (non-hydrogen) atoms. The smallest absolute Gasteiger partial charge is 0.270 e. The number of thioether (sulfide) groups is 1. The van der Waals surface area contributed by atoms with E-state index in [9.17, 15) is 13.2 Å². The molecule has 0 aliphatic carbocycles. The molecule has 6 nitrogen and oxygen atoms in total. The molecule has 0 aliphatic rings. The zero-order valence-electron chi connectivity index (χ0n) is 19.0. The number of fused-ring (bicyclic) bond motifs is 2. The summed E-state index contributed by atoms with van der Waals surface area (Å²) in [6.07, 6.45) is 0.923. The Balaban J connectivity index is 1.46. The van der Waals surface area contributed by atoms with Crippen LogP contribution >= 0.6 is 11.8 Å². The van der Waals surface area contributed by atoms with E-state index >= 15 is 0 Å². The molecule has 1 heterocycles. The highest BCUT2D eigenvalue weighted by atomic mass is 32.2. The van der Waals surface area contributed by atoms with Crippen LogP contribution in [0.15, 0.2) is 101 Å². The third-order valence-electron chi connectivity index (χ3n) is 5.73. The number of anilines is 1. The van der Waals surface area contributed by atoms with Gasteiger partial charge in [0.1, 0.15) is 0 Å². The van der Waals surface area contributed by atoms with Gasteiger partial charge in [0, 0.05) is 5.69 Å². The molecule has 8 heteroatoms. The van der Waals surface area contributed by atoms with Crippen molar-refractivity contribution in [1.82, 2.24) is 8.96 Å². The number of hydrogen-bond acceptors (Lipinski definition) is 5. The predicted octanol–water partition coefficient (Wildman–Crippen LogP) is 5.72. The fraction of sp³-hybridized carbons (Fsp3) is 0.111. The van der Waals surface area contributed by atoms with Gasteiger partial charge in [-0.2, -0.15) is 0 Å². The largest absolute Gasteiger partial charge is 0.325 e. The second-order valence-electron chi connectivity index (χ2n) is 8.05. The van der Waals surface area contributed by atoms with Crippen LogP contribution in [-0.4, -0.2) is 29.0 Å². The van der Waals surface area contributed by atoms with Gasteiger partial charge in [0.25, 0.3) is 10.0 Å². The van der Waals surface area contributed by atoms with Crippen molar-refractivity contribution in [2.75, 3.05) is 11.1 Å². The first-order valence-corrected chi connectivity index (χ1v) is 13.6. The number of imidazole rings is 1. The average molecular weight is 502 g/mol. The number of aryl methyl sites for hydroxylation is 1. The number of nitrogens with one attached hydrogen (secondary N) is 1. The maximum Gasteiger partial charge on any atom is 0.270 e. The summed E-state index contributed by atoms with van der Waals surface area (Å²) in [6.45, 7) is 2.07. The van der Waals surface area contributed by atoms with E-state index in [0.717, 1.165) is 29.0 Å². The molecule has 4 aromatic carbocycles. The van der Waals surface area contributed by atoms with Crippen LogP contribution in [0.3, 0.4) is 0 Å². The van der Waals surface area contributed by atoms with Crippen molar-refractivity contribution < 1.29 is 13.2 Å². The molecule has 0 aliphatic heterocycles. The SMILES string of the molecule is CCc1ccc(NC(=O)CSc2nc3ccccc3n2S(=O)(=O)c2ccc3ccccc3c2)cc1. The first-order valence-electron chi connectivity index (χ1n) is 11.2. The molecule has 0 fully saturated rings. The maximum absolute atomic E-state index is 13.8. The molecule has 0 unspecified atom stereocenters. The van der Waals surface area contributed by atoms with Crippen LogP contribution in [0.4, 0.5) is 5.69 Å². The summed E-state index contributed by atoms with van der Waals surface area (Å²) >= 11 is 1.09. The fourth-order valence-electron chi connectivity index (χ4n) is 3.89. The average Bonchev–Trinajstić information content (AvgIpc) is 3.27. The van der Waals surface area contributed by atoms with Gasteiger partial charge in [-0.25, -0.2) is 17.4 Å². The second-order valence-corrected chi connectivity index (χ2v) is 10.8. The van der Waals surface area contributed by atoms with Crippen molar-refractivity contribution in [3.05, 3.63) is 96.6 Å². The van der Waals surface area contributed by atoms with Crippen molar-refractivity contribution >= 4 is 55.2 Å². The summed E-state index contributed by atoms with van der Waals surface area (Å²) < 4.78 is 28.8. The Bertz CT molecular complexity index is 1640. The standard InChI is InChI=1S/C27H23N3O3S2/c1-2-19-11-14-22(15-12-19)28-26(31)18-34-27-29-24-9-5-6-10-25(24)30(27)35(32,33)23-16-13-20-7-3-4-8-21(20)17-23/h3-17H,2,18H2,1H3,(H,28,31). The Kier molecular flexibility index (Phi) is 6.32. The molecule has 5 aromatic rings. The number of para-hydroxylation sites is 2. The van der Waals surface area contributed by atoms with Gasteiger partial charge in [-0.3, -0.25) is 4.79 Å². The molecule has 0 atom stereocenters. The van der Waals surface area contributed by atoms with E-state index in [1.165, 1.54) is 9.54 Å². The Morgan fingerprint density at radius 1 is 0.914 bits per heavy atom. The van der Waals surface area contributed by atoms with Crippen molar-refractivity contribution in [3.8, 4) is 0 Å². The molecular formula is C27H23N3O3S2. The van der Waals surface area contributed by atoms with Gasteiger partial charge in [-0.15, -0.1) is 0 Å². The molecule has 0 spiro atoms. The zero-order chi connectivity index (χ0) is 24.4. The predicted molar refractivity (Wildman–Crippen MR) is 141 cm³/mol. The number of carbonyl (C=O) groups is 1. The lowest BCUT2D eigenvalue weighted by molar-refractivity contribution is -0.113. The number of rotatable bonds is 7. The Labute approximate surface area is 208 Å². The summed E-state index contributed by atoms with van der Waals surface area (Å²) in [5.74, 6) is -0.215. The van der Waals surface area contributed by atoms with Gasteiger partial charge < -0.3 is 5.32 Å². The Morgan fingerprint density at radius 3 is 2.40 bits per heavy atom. The van der Waals surface area contributed by atoms with Gasteiger partial charge in [0.05, 0.1) is 21.7 Å². The van der Waals surface area contributed by atoms with Crippen molar-refractivity contribution in [2.24, 2.45) is 0 Å². The van der Waals surface area contributed by atoms with Crippen LogP contribution in [-0.2, 0) is 21.2 Å². The van der Waals surface area contributed by atoms with Crippen molar-refractivity contribution in [1.29, 1.82) is 0 Å². The molecule has 176 valence electrons. The van der Waals surface area contributed by atoms with E-state index in [0.29, 0.717) is 16.7 Å². The second kappa shape index (κ2) is 9.56. The van der Waals surface area contributed by atoms with Crippen LogP contribution in [0.2, 0.25) is 0 Å². The molecule has 0 saturated heterocycles. The maximum atomic E-state index is 13.8. The topological polar surface area (TPSA) is 81.1 Å². The Morgan fingerprint density at radius 2 is 1.63 bits per heavy atom. The monoisotopic (exact) mass is 501 g/mol. The van der Waals surface area contributed by atoms with E-state index in [4.69, 9.17) is 0 Å². The van der Waals surface area contributed by atoms with Gasteiger partial charge in [0.15, 0.2) is 5.16 Å². The highest BCUT2D eigenvalue weighted by Crippen LogP contribution is 2.30. The van der Waals surface area contributed by atoms with Crippen molar-refractivity contribution in [2.45, 2.75) is 23.4 Å². The summed E-state index contributed by atoms with van der Waals surface area (Å²) in [6, 6.07) is 27.4. The van der Waals surface area contributed by atoms with Crippen LogP contribution < -0.4 is 5.32 Å². The number of hydrogen-bond donors (Lipinski definition) is 1. The number of aromatic nitrogens is 2. The fourth-order valence-corrected chi connectivity index (χ4v) is 6.44. The lowest BCUT2D eigenvalue weighted by Gasteiger charge is -2.11. The van der Waals surface area contributed by atoms with Gasteiger partial charge >= 0.3 is 0 Å². The molecule has 0 saturated carbocycles. The quantitative estimate of drug-likeness (QED) is 0.289. The minimum absolute atomic E-state index is 0.0199. The summed E-state index contributed by atoms with van der Waals surface area (Å²) in [4.78, 5) is 17.3. The van der Waals surface area contributed by atoms with E-state index in [1.807, 2.05) is 54.6 Å². The number of benzene rings is 4. The van der Waals surface area contributed by atoms with Gasteiger partial charge in [-0.05, 0) is 59.2 Å². The Hall–Kier alpha value is -3.62. The summed E-state index contributed by atoms with van der Waals surface area (Å²) in [5, 5.41) is 4.90. The van der Waals surface area contributed by atoms with E-state index in [-0.39, 0.29) is 21.7 Å². The minimum Gasteiger partial charge on any atom is -0.325 e. The van der Waals surface area contributed by atoms with E-state index in [1.54, 1.807) is 36.4 Å². The molecule has 0 radical (unpaired) electrons. The number of nitrogens with zero attached hydrogens (tertiary/aromatic N) is 2. The zero-order valence-corrected chi connectivity index (χ0v) is 20.6. The molecular weight excluding hydrogens is 478 g/mol. The molecule has 1 aromatic heterocycles. The first-order chi connectivity index (χ1) is 17.0.